The minimum absolute atomic E-state index is 0.183. The number of rotatable bonds is 10. The van der Waals surface area contributed by atoms with Gasteiger partial charge in [0.15, 0.2) is 0 Å². The summed E-state index contributed by atoms with van der Waals surface area (Å²) in [5.74, 6) is -1.18. The largest absolute Gasteiger partial charge is 0.480 e. The van der Waals surface area contributed by atoms with E-state index in [-0.39, 0.29) is 5.91 Å². The van der Waals surface area contributed by atoms with Gasteiger partial charge in [0, 0.05) is 6.42 Å². The van der Waals surface area contributed by atoms with Crippen LogP contribution in [0, 0.1) is 0 Å². The van der Waals surface area contributed by atoms with Gasteiger partial charge in [-0.2, -0.15) is 0 Å². The van der Waals surface area contributed by atoms with Crippen LogP contribution in [0.1, 0.15) is 46.5 Å². The molecule has 0 aromatic carbocycles. The van der Waals surface area contributed by atoms with Gasteiger partial charge in [-0.25, -0.2) is 0 Å². The average Bonchev–Trinajstić information content (AvgIpc) is 2.29. The summed E-state index contributed by atoms with van der Waals surface area (Å²) in [7, 11) is 0. The molecule has 0 aromatic rings. The van der Waals surface area contributed by atoms with E-state index in [1.165, 1.54) is 6.92 Å². The highest BCUT2D eigenvalue weighted by atomic mass is 16.4. The van der Waals surface area contributed by atoms with Gasteiger partial charge in [-0.05, 0) is 45.8 Å². The number of carbonyl (C=O) groups is 2. The lowest BCUT2D eigenvalue weighted by molar-refractivity contribution is -0.141. The fourth-order valence-electron chi connectivity index (χ4n) is 1.81. The average molecular weight is 258 g/mol. The Labute approximate surface area is 110 Å². The third-order valence-electron chi connectivity index (χ3n) is 2.71. The van der Waals surface area contributed by atoms with Crippen LogP contribution in [0.15, 0.2) is 0 Å². The SMILES string of the molecule is CCCN(CCC)CCCC(=O)N[C@@H](C)C(=O)O. The number of carbonyl (C=O) groups excluding carboxylic acids is 1. The van der Waals surface area contributed by atoms with Crippen molar-refractivity contribution in [2.45, 2.75) is 52.5 Å². The maximum atomic E-state index is 11.5. The molecule has 0 aliphatic carbocycles. The fourth-order valence-corrected chi connectivity index (χ4v) is 1.81. The highest BCUT2D eigenvalue weighted by Crippen LogP contribution is 1.99. The molecule has 5 nitrogen and oxygen atoms in total. The van der Waals surface area contributed by atoms with Crippen molar-refractivity contribution in [3.63, 3.8) is 0 Å². The Hall–Kier alpha value is -1.10. The summed E-state index contributed by atoms with van der Waals surface area (Å²) < 4.78 is 0. The highest BCUT2D eigenvalue weighted by Gasteiger charge is 2.13. The molecule has 0 bridgehead atoms. The van der Waals surface area contributed by atoms with Gasteiger partial charge >= 0.3 is 5.97 Å². The topological polar surface area (TPSA) is 69.6 Å². The molecule has 0 saturated heterocycles. The van der Waals surface area contributed by atoms with E-state index in [0.717, 1.165) is 38.9 Å². The normalized spacial score (nSPS) is 12.4. The van der Waals surface area contributed by atoms with Crippen LogP contribution in [0.3, 0.4) is 0 Å². The molecule has 5 heteroatoms. The van der Waals surface area contributed by atoms with Crippen LogP contribution in [-0.4, -0.2) is 47.6 Å². The first kappa shape index (κ1) is 16.9. The van der Waals surface area contributed by atoms with E-state index in [1.54, 1.807) is 0 Å². The Bertz CT molecular complexity index is 251. The number of nitrogens with one attached hydrogen (secondary N) is 1. The Morgan fingerprint density at radius 2 is 1.72 bits per heavy atom. The zero-order valence-electron chi connectivity index (χ0n) is 11.7. The second-order valence-electron chi connectivity index (χ2n) is 4.57. The Kier molecular flexibility index (Phi) is 9.28. The summed E-state index contributed by atoms with van der Waals surface area (Å²) in [6, 6.07) is -0.806. The molecule has 0 spiro atoms. The monoisotopic (exact) mass is 258 g/mol. The van der Waals surface area contributed by atoms with Crippen LogP contribution >= 0.6 is 0 Å². The Morgan fingerprint density at radius 3 is 2.17 bits per heavy atom. The van der Waals surface area contributed by atoms with E-state index in [4.69, 9.17) is 5.11 Å². The molecule has 0 aliphatic heterocycles. The number of hydrogen-bond donors (Lipinski definition) is 2. The number of carboxylic acid groups (broad SMARTS) is 1. The molecule has 0 fully saturated rings. The first-order chi connectivity index (χ1) is 8.51. The fraction of sp³-hybridized carbons (Fsp3) is 0.846. The zero-order chi connectivity index (χ0) is 14.0. The van der Waals surface area contributed by atoms with Gasteiger partial charge in [0.25, 0.3) is 0 Å². The minimum atomic E-state index is -0.998. The smallest absolute Gasteiger partial charge is 0.325 e. The first-order valence-corrected chi connectivity index (χ1v) is 6.75. The van der Waals surface area contributed by atoms with Crippen molar-refractivity contribution in [3.05, 3.63) is 0 Å². The van der Waals surface area contributed by atoms with Crippen LogP contribution in [0.4, 0.5) is 0 Å². The standard InChI is InChI=1S/C13H26N2O3/c1-4-8-15(9-5-2)10-6-7-12(16)14-11(3)13(17)18/h11H,4-10H2,1-3H3,(H,14,16)(H,17,18)/t11-/m0/s1. The number of amides is 1. The second kappa shape index (κ2) is 9.88. The summed E-state index contributed by atoms with van der Waals surface area (Å²) in [5.41, 5.74) is 0. The predicted octanol–water partition coefficient (Wildman–Crippen LogP) is 1.48. The molecule has 0 aromatic heterocycles. The van der Waals surface area contributed by atoms with Crippen molar-refractivity contribution < 1.29 is 14.7 Å². The summed E-state index contributed by atoms with van der Waals surface area (Å²) in [4.78, 5) is 24.4. The number of aliphatic carboxylic acids is 1. The third kappa shape index (κ3) is 8.06. The molecule has 2 N–H and O–H groups in total. The van der Waals surface area contributed by atoms with Crippen molar-refractivity contribution >= 4 is 11.9 Å². The van der Waals surface area contributed by atoms with Gasteiger partial charge in [0.05, 0.1) is 0 Å². The van der Waals surface area contributed by atoms with Crippen LogP contribution < -0.4 is 5.32 Å². The molecule has 0 saturated carbocycles. The van der Waals surface area contributed by atoms with E-state index >= 15 is 0 Å². The van der Waals surface area contributed by atoms with Crippen molar-refractivity contribution in [1.82, 2.24) is 10.2 Å². The Balaban J connectivity index is 3.80. The Morgan fingerprint density at radius 1 is 1.17 bits per heavy atom. The van der Waals surface area contributed by atoms with Crippen LogP contribution in [0.25, 0.3) is 0 Å². The maximum absolute atomic E-state index is 11.5. The molecule has 0 unspecified atom stereocenters. The number of carboxylic acids is 1. The lowest BCUT2D eigenvalue weighted by Crippen LogP contribution is -2.38. The number of nitrogens with zero attached hydrogens (tertiary/aromatic N) is 1. The van der Waals surface area contributed by atoms with E-state index in [1.807, 2.05) is 0 Å². The first-order valence-electron chi connectivity index (χ1n) is 6.75. The van der Waals surface area contributed by atoms with Gasteiger partial charge in [0.1, 0.15) is 6.04 Å². The predicted molar refractivity (Wildman–Crippen MR) is 71.5 cm³/mol. The summed E-state index contributed by atoms with van der Waals surface area (Å²) in [6.45, 7) is 8.77. The minimum Gasteiger partial charge on any atom is -0.480 e. The van der Waals surface area contributed by atoms with Crippen LogP contribution in [0.2, 0.25) is 0 Å². The van der Waals surface area contributed by atoms with Crippen LogP contribution in [0.5, 0.6) is 0 Å². The molecule has 106 valence electrons. The second-order valence-corrected chi connectivity index (χ2v) is 4.57. The van der Waals surface area contributed by atoms with E-state index in [0.29, 0.717) is 6.42 Å². The van der Waals surface area contributed by atoms with Crippen LogP contribution in [-0.2, 0) is 9.59 Å². The third-order valence-corrected chi connectivity index (χ3v) is 2.71. The van der Waals surface area contributed by atoms with Crippen molar-refractivity contribution in [3.8, 4) is 0 Å². The molecular formula is C13H26N2O3. The quantitative estimate of drug-likeness (QED) is 0.622. The van der Waals surface area contributed by atoms with E-state index < -0.39 is 12.0 Å². The molecule has 1 amide bonds. The van der Waals surface area contributed by atoms with Gasteiger partial charge in [-0.1, -0.05) is 13.8 Å². The molecule has 0 radical (unpaired) electrons. The van der Waals surface area contributed by atoms with Gasteiger partial charge in [-0.3, -0.25) is 9.59 Å². The van der Waals surface area contributed by atoms with E-state index in [2.05, 4.69) is 24.1 Å². The van der Waals surface area contributed by atoms with Gasteiger partial charge in [-0.15, -0.1) is 0 Å². The summed E-state index contributed by atoms with van der Waals surface area (Å²) >= 11 is 0. The van der Waals surface area contributed by atoms with E-state index in [9.17, 15) is 9.59 Å². The van der Waals surface area contributed by atoms with Crippen molar-refractivity contribution in [1.29, 1.82) is 0 Å². The highest BCUT2D eigenvalue weighted by molar-refractivity contribution is 5.83. The molecule has 0 heterocycles. The van der Waals surface area contributed by atoms with Gasteiger partial charge < -0.3 is 15.3 Å². The van der Waals surface area contributed by atoms with Gasteiger partial charge in [0.2, 0.25) is 5.91 Å². The molecule has 1 atom stereocenters. The number of hydrogen-bond acceptors (Lipinski definition) is 3. The summed E-state index contributed by atoms with van der Waals surface area (Å²) in [5, 5.41) is 11.1. The maximum Gasteiger partial charge on any atom is 0.325 e. The van der Waals surface area contributed by atoms with Crippen molar-refractivity contribution in [2.24, 2.45) is 0 Å². The lowest BCUT2D eigenvalue weighted by Gasteiger charge is -2.20. The van der Waals surface area contributed by atoms with Crippen molar-refractivity contribution in [2.75, 3.05) is 19.6 Å². The molecule has 0 aliphatic rings. The molecular weight excluding hydrogens is 232 g/mol. The summed E-state index contributed by atoms with van der Waals surface area (Å²) in [6.07, 6.45) is 3.39. The molecule has 18 heavy (non-hydrogen) atoms. The lowest BCUT2D eigenvalue weighted by atomic mass is 10.2. The molecule has 0 rings (SSSR count). The zero-order valence-corrected chi connectivity index (χ0v) is 11.7.